The predicted octanol–water partition coefficient (Wildman–Crippen LogP) is 1.32. The summed E-state index contributed by atoms with van der Waals surface area (Å²) >= 11 is 0. The molecule has 0 fully saturated rings. The second-order valence-electron chi connectivity index (χ2n) is 4.52. The monoisotopic (exact) mass is 278 g/mol. The molecule has 0 bridgehead atoms. The van der Waals surface area contributed by atoms with Gasteiger partial charge in [0.2, 0.25) is 5.91 Å². The molecule has 0 spiro atoms. The first-order valence-corrected chi connectivity index (χ1v) is 6.81. The van der Waals surface area contributed by atoms with Crippen molar-refractivity contribution in [3.8, 4) is 0 Å². The minimum atomic E-state index is -0.473. The van der Waals surface area contributed by atoms with E-state index in [9.17, 15) is 9.59 Å². The van der Waals surface area contributed by atoms with E-state index < -0.39 is 11.9 Å². The van der Waals surface area contributed by atoms with Crippen LogP contribution in [-0.2, 0) is 20.9 Å². The predicted molar refractivity (Wildman–Crippen MR) is 76.8 cm³/mol. The molecule has 1 amide bonds. The van der Waals surface area contributed by atoms with Gasteiger partial charge in [0.1, 0.15) is 0 Å². The number of carbonyl (C=O) groups excluding carboxylic acids is 2. The smallest absolute Gasteiger partial charge is 0.320 e. The Morgan fingerprint density at radius 2 is 1.90 bits per heavy atom. The van der Waals surface area contributed by atoms with Crippen molar-refractivity contribution in [3.05, 3.63) is 35.9 Å². The quantitative estimate of drug-likeness (QED) is 0.728. The van der Waals surface area contributed by atoms with Crippen LogP contribution in [0.5, 0.6) is 0 Å². The molecule has 1 aromatic rings. The second kappa shape index (κ2) is 8.32. The molecule has 110 valence electrons. The zero-order valence-electron chi connectivity index (χ0n) is 12.0. The zero-order chi connectivity index (χ0) is 15.0. The summed E-state index contributed by atoms with van der Waals surface area (Å²) in [7, 11) is 0. The number of rotatable bonds is 8. The fraction of sp³-hybridized carbons (Fsp3) is 0.467. The van der Waals surface area contributed by atoms with E-state index in [-0.39, 0.29) is 12.5 Å². The van der Waals surface area contributed by atoms with Gasteiger partial charge < -0.3 is 10.5 Å². The summed E-state index contributed by atoms with van der Waals surface area (Å²) in [4.78, 5) is 25.0. The van der Waals surface area contributed by atoms with Crippen molar-refractivity contribution in [3.63, 3.8) is 0 Å². The van der Waals surface area contributed by atoms with Gasteiger partial charge in [-0.05, 0) is 18.9 Å². The van der Waals surface area contributed by atoms with Gasteiger partial charge in [-0.2, -0.15) is 0 Å². The maximum absolute atomic E-state index is 11.7. The summed E-state index contributed by atoms with van der Waals surface area (Å²) < 4.78 is 4.95. The third-order valence-corrected chi connectivity index (χ3v) is 3.02. The highest BCUT2D eigenvalue weighted by atomic mass is 16.5. The molecule has 0 aliphatic heterocycles. The van der Waals surface area contributed by atoms with Crippen LogP contribution in [0.4, 0.5) is 0 Å². The summed E-state index contributed by atoms with van der Waals surface area (Å²) in [5, 5.41) is 0. The fourth-order valence-electron chi connectivity index (χ4n) is 2.11. The maximum atomic E-state index is 11.7. The highest BCUT2D eigenvalue weighted by Gasteiger charge is 2.24. The Kier molecular flexibility index (Phi) is 6.73. The zero-order valence-corrected chi connectivity index (χ0v) is 12.0. The molecule has 0 aromatic heterocycles. The number of nitrogens with zero attached hydrogens (tertiary/aromatic N) is 1. The standard InChI is InChI=1S/C15H22N2O3/c1-3-13(15(16)19)17(11-14(18)20-4-2)10-12-8-6-5-7-9-12/h5-9,13H,3-4,10-11H2,1-2H3,(H2,16,19). The summed E-state index contributed by atoms with van der Waals surface area (Å²) in [6, 6.07) is 9.19. The third-order valence-electron chi connectivity index (χ3n) is 3.02. The molecule has 0 aliphatic rings. The fourth-order valence-corrected chi connectivity index (χ4v) is 2.11. The molecule has 1 unspecified atom stereocenters. The van der Waals surface area contributed by atoms with E-state index in [1.54, 1.807) is 11.8 Å². The van der Waals surface area contributed by atoms with E-state index in [2.05, 4.69) is 0 Å². The maximum Gasteiger partial charge on any atom is 0.320 e. The van der Waals surface area contributed by atoms with Crippen LogP contribution in [0.1, 0.15) is 25.8 Å². The van der Waals surface area contributed by atoms with E-state index in [1.807, 2.05) is 37.3 Å². The van der Waals surface area contributed by atoms with Crippen molar-refractivity contribution in [2.24, 2.45) is 5.73 Å². The molecule has 0 saturated carbocycles. The number of benzene rings is 1. The van der Waals surface area contributed by atoms with Crippen LogP contribution in [0.2, 0.25) is 0 Å². The van der Waals surface area contributed by atoms with Crippen LogP contribution in [0.25, 0.3) is 0 Å². The number of hydrogen-bond acceptors (Lipinski definition) is 4. The van der Waals surface area contributed by atoms with Crippen molar-refractivity contribution in [2.75, 3.05) is 13.2 Å². The van der Waals surface area contributed by atoms with E-state index in [1.165, 1.54) is 0 Å². The normalized spacial score (nSPS) is 12.2. The van der Waals surface area contributed by atoms with Crippen LogP contribution in [0.15, 0.2) is 30.3 Å². The molecule has 20 heavy (non-hydrogen) atoms. The summed E-state index contributed by atoms with van der Waals surface area (Å²) in [6.07, 6.45) is 0.557. The van der Waals surface area contributed by atoms with Crippen LogP contribution < -0.4 is 5.73 Å². The Morgan fingerprint density at radius 3 is 2.40 bits per heavy atom. The van der Waals surface area contributed by atoms with Gasteiger partial charge >= 0.3 is 5.97 Å². The van der Waals surface area contributed by atoms with E-state index in [0.717, 1.165) is 5.56 Å². The lowest BCUT2D eigenvalue weighted by Gasteiger charge is -2.27. The molecular weight excluding hydrogens is 256 g/mol. The SMILES string of the molecule is CCOC(=O)CN(Cc1ccccc1)C(CC)C(N)=O. The summed E-state index contributed by atoms with van der Waals surface area (Å²) in [5.41, 5.74) is 6.44. The Hall–Kier alpha value is -1.88. The molecule has 5 nitrogen and oxygen atoms in total. The minimum absolute atomic E-state index is 0.0597. The van der Waals surface area contributed by atoms with E-state index >= 15 is 0 Å². The summed E-state index contributed by atoms with van der Waals surface area (Å²) in [6.45, 7) is 4.50. The van der Waals surface area contributed by atoms with Crippen molar-refractivity contribution in [1.29, 1.82) is 0 Å². The van der Waals surface area contributed by atoms with Gasteiger partial charge in [-0.3, -0.25) is 14.5 Å². The molecule has 1 atom stereocenters. The van der Waals surface area contributed by atoms with Gasteiger partial charge in [0, 0.05) is 6.54 Å². The molecule has 1 rings (SSSR count). The number of carbonyl (C=O) groups is 2. The molecule has 0 radical (unpaired) electrons. The number of ether oxygens (including phenoxy) is 1. The van der Waals surface area contributed by atoms with Crippen LogP contribution >= 0.6 is 0 Å². The number of nitrogens with two attached hydrogens (primary N) is 1. The van der Waals surface area contributed by atoms with Gasteiger partial charge in [-0.1, -0.05) is 37.3 Å². The molecule has 0 heterocycles. The van der Waals surface area contributed by atoms with Gasteiger partial charge in [0.25, 0.3) is 0 Å². The summed E-state index contributed by atoms with van der Waals surface area (Å²) in [5.74, 6) is -0.768. The largest absolute Gasteiger partial charge is 0.465 e. The number of hydrogen-bond donors (Lipinski definition) is 1. The van der Waals surface area contributed by atoms with Crippen molar-refractivity contribution in [2.45, 2.75) is 32.9 Å². The Morgan fingerprint density at radius 1 is 1.25 bits per heavy atom. The molecule has 1 aromatic carbocycles. The van der Waals surface area contributed by atoms with Crippen molar-refractivity contribution >= 4 is 11.9 Å². The average molecular weight is 278 g/mol. The van der Waals surface area contributed by atoms with Gasteiger partial charge in [0.15, 0.2) is 0 Å². The third kappa shape index (κ3) is 5.01. The topological polar surface area (TPSA) is 72.6 Å². The van der Waals surface area contributed by atoms with Gasteiger partial charge in [-0.25, -0.2) is 0 Å². The highest BCUT2D eigenvalue weighted by Crippen LogP contribution is 2.11. The second-order valence-corrected chi connectivity index (χ2v) is 4.52. The van der Waals surface area contributed by atoms with E-state index in [0.29, 0.717) is 19.6 Å². The van der Waals surface area contributed by atoms with Crippen LogP contribution in [0.3, 0.4) is 0 Å². The highest BCUT2D eigenvalue weighted by molar-refractivity contribution is 5.81. The number of amides is 1. The molecule has 0 aliphatic carbocycles. The molecular formula is C15H22N2O3. The van der Waals surface area contributed by atoms with E-state index in [4.69, 9.17) is 10.5 Å². The van der Waals surface area contributed by atoms with Gasteiger partial charge in [0.05, 0.1) is 19.2 Å². The molecule has 5 heteroatoms. The van der Waals surface area contributed by atoms with Crippen molar-refractivity contribution < 1.29 is 14.3 Å². The lowest BCUT2D eigenvalue weighted by atomic mass is 10.1. The number of primary amides is 1. The van der Waals surface area contributed by atoms with Gasteiger partial charge in [-0.15, -0.1) is 0 Å². The van der Waals surface area contributed by atoms with Crippen molar-refractivity contribution in [1.82, 2.24) is 4.90 Å². The minimum Gasteiger partial charge on any atom is -0.465 e. The Labute approximate surface area is 119 Å². The molecule has 2 N–H and O–H groups in total. The Balaban J connectivity index is 2.83. The first kappa shape index (κ1) is 16.2. The van der Waals surface area contributed by atoms with Crippen LogP contribution in [0, 0.1) is 0 Å². The lowest BCUT2D eigenvalue weighted by Crippen LogP contribution is -2.46. The first-order chi connectivity index (χ1) is 9.58. The van der Waals surface area contributed by atoms with Crippen LogP contribution in [-0.4, -0.2) is 36.0 Å². The number of esters is 1. The lowest BCUT2D eigenvalue weighted by molar-refractivity contribution is -0.145. The first-order valence-electron chi connectivity index (χ1n) is 6.81. The Bertz CT molecular complexity index is 434. The molecule has 0 saturated heterocycles. The average Bonchev–Trinajstić information content (AvgIpc) is 2.40.